The second kappa shape index (κ2) is 57.9. The van der Waals surface area contributed by atoms with Crippen molar-refractivity contribution in [1.29, 1.82) is 0 Å². The first-order valence-electron chi connectivity index (χ1n) is 30.6. The third-order valence-corrected chi connectivity index (χ3v) is 14.3. The van der Waals surface area contributed by atoms with Crippen LogP contribution in [0, 0.1) is 0 Å². The summed E-state index contributed by atoms with van der Waals surface area (Å²) in [5.41, 5.74) is 0. The first-order valence-corrected chi connectivity index (χ1v) is 30.6. The summed E-state index contributed by atoms with van der Waals surface area (Å²) in [5, 5.41) is 23.3. The van der Waals surface area contributed by atoms with Crippen molar-refractivity contribution in [2.75, 3.05) is 13.2 Å². The van der Waals surface area contributed by atoms with Crippen LogP contribution in [0.25, 0.3) is 0 Å². The number of aliphatic hydroxyl groups is 2. The molecule has 0 aliphatic rings. The number of hydrogen-bond acceptors (Lipinski definition) is 5. The molecule has 1 amide bonds. The number of aliphatic hydroxyl groups excluding tert-OH is 2. The smallest absolute Gasteiger partial charge is 0.305 e. The molecule has 0 saturated heterocycles. The van der Waals surface area contributed by atoms with Gasteiger partial charge in [-0.15, -0.1) is 0 Å². The van der Waals surface area contributed by atoms with E-state index in [1.165, 1.54) is 225 Å². The van der Waals surface area contributed by atoms with E-state index < -0.39 is 12.1 Å². The number of rotatable bonds is 57. The molecule has 402 valence electrons. The molecule has 0 bridgehead atoms. The van der Waals surface area contributed by atoms with Crippen LogP contribution in [0.2, 0.25) is 0 Å². The van der Waals surface area contributed by atoms with E-state index in [4.69, 9.17) is 4.74 Å². The monoisotopic (exact) mass is 958 g/mol. The average Bonchev–Trinajstić information content (AvgIpc) is 3.34. The number of amides is 1. The number of allylic oxidation sites excluding steroid dienone is 4. The molecule has 68 heavy (non-hydrogen) atoms. The van der Waals surface area contributed by atoms with Crippen molar-refractivity contribution in [3.63, 3.8) is 0 Å². The topological polar surface area (TPSA) is 95.9 Å². The molecule has 0 radical (unpaired) electrons. The van der Waals surface area contributed by atoms with Gasteiger partial charge in [0.25, 0.3) is 0 Å². The van der Waals surface area contributed by atoms with Crippen molar-refractivity contribution in [3.8, 4) is 0 Å². The summed E-state index contributed by atoms with van der Waals surface area (Å²) < 4.78 is 5.47. The molecule has 2 unspecified atom stereocenters. The lowest BCUT2D eigenvalue weighted by atomic mass is 10.0. The van der Waals surface area contributed by atoms with E-state index in [0.717, 1.165) is 77.0 Å². The van der Waals surface area contributed by atoms with Crippen LogP contribution in [0.15, 0.2) is 24.3 Å². The second-order valence-electron chi connectivity index (χ2n) is 21.1. The van der Waals surface area contributed by atoms with E-state index in [-0.39, 0.29) is 18.5 Å². The number of hydrogen-bond donors (Lipinski definition) is 3. The fraction of sp³-hybridized carbons (Fsp3) is 0.903. The van der Waals surface area contributed by atoms with Gasteiger partial charge in [0.1, 0.15) is 0 Å². The van der Waals surface area contributed by atoms with Gasteiger partial charge >= 0.3 is 5.97 Å². The Morgan fingerprint density at radius 3 is 1.09 bits per heavy atom. The molecule has 0 saturated carbocycles. The molecule has 2 atom stereocenters. The predicted molar refractivity (Wildman–Crippen MR) is 296 cm³/mol. The Morgan fingerprint density at radius 1 is 0.412 bits per heavy atom. The number of esters is 1. The summed E-state index contributed by atoms with van der Waals surface area (Å²) in [7, 11) is 0. The predicted octanol–water partition coefficient (Wildman–Crippen LogP) is 19.0. The number of ether oxygens (including phenoxy) is 1. The Hall–Kier alpha value is -1.66. The summed E-state index contributed by atoms with van der Waals surface area (Å²) in [5.74, 6) is -0.0714. The Morgan fingerprint density at radius 2 is 0.721 bits per heavy atom. The third-order valence-electron chi connectivity index (χ3n) is 14.3. The summed E-state index contributed by atoms with van der Waals surface area (Å²) in [6.07, 6.45) is 70.4. The van der Waals surface area contributed by atoms with Gasteiger partial charge in [-0.1, -0.05) is 289 Å². The molecule has 0 rings (SSSR count). The first-order chi connectivity index (χ1) is 33.5. The molecule has 3 N–H and O–H groups in total. The van der Waals surface area contributed by atoms with Crippen molar-refractivity contribution in [1.82, 2.24) is 5.32 Å². The van der Waals surface area contributed by atoms with Crippen molar-refractivity contribution < 1.29 is 24.5 Å². The Labute approximate surface area is 424 Å². The van der Waals surface area contributed by atoms with Gasteiger partial charge in [0, 0.05) is 12.8 Å². The molecule has 0 aromatic rings. The molecule has 0 fully saturated rings. The summed E-state index contributed by atoms with van der Waals surface area (Å²) >= 11 is 0. The van der Waals surface area contributed by atoms with Crippen LogP contribution in [0.5, 0.6) is 0 Å². The zero-order valence-electron chi connectivity index (χ0n) is 45.9. The molecule has 0 aromatic heterocycles. The van der Waals surface area contributed by atoms with Crippen molar-refractivity contribution in [2.45, 2.75) is 347 Å². The van der Waals surface area contributed by atoms with Crippen LogP contribution >= 0.6 is 0 Å². The van der Waals surface area contributed by atoms with Gasteiger partial charge in [-0.3, -0.25) is 9.59 Å². The molecule has 0 aromatic carbocycles. The molecule has 6 nitrogen and oxygen atoms in total. The lowest BCUT2D eigenvalue weighted by Crippen LogP contribution is -2.45. The highest BCUT2D eigenvalue weighted by molar-refractivity contribution is 5.76. The Bertz CT molecular complexity index is 1060. The molecule has 0 aliphatic heterocycles. The fourth-order valence-corrected chi connectivity index (χ4v) is 9.57. The Balaban J connectivity index is 3.49. The number of carbonyl (C=O) groups is 2. The minimum absolute atomic E-state index is 0.0166. The third kappa shape index (κ3) is 53.7. The normalized spacial score (nSPS) is 12.7. The van der Waals surface area contributed by atoms with E-state index >= 15 is 0 Å². The van der Waals surface area contributed by atoms with Gasteiger partial charge < -0.3 is 20.3 Å². The standard InChI is InChI=1S/C62H119NO5/c1-3-5-7-9-11-13-15-17-19-21-23-26-30-34-38-42-46-50-54-60(65)59(58-64)63-61(66)55-51-47-43-39-35-31-27-25-29-33-37-41-45-49-53-57-68-62(67)56-52-48-44-40-36-32-28-24-22-20-18-16-14-12-10-8-6-4-2/h25,29,33,37,59-60,64-65H,3-24,26-28,30-32,34-36,38-58H2,1-2H3,(H,63,66)/b29-25-,37-33-. The maximum Gasteiger partial charge on any atom is 0.305 e. The fourth-order valence-electron chi connectivity index (χ4n) is 9.57. The Kier molecular flexibility index (Phi) is 56.5. The largest absolute Gasteiger partial charge is 0.466 e. The molecular weight excluding hydrogens is 839 g/mol. The van der Waals surface area contributed by atoms with Gasteiger partial charge in [-0.2, -0.15) is 0 Å². The summed E-state index contributed by atoms with van der Waals surface area (Å²) in [4.78, 5) is 24.6. The highest BCUT2D eigenvalue weighted by Crippen LogP contribution is 2.18. The van der Waals surface area contributed by atoms with Gasteiger partial charge in [0.15, 0.2) is 0 Å². The molecule has 0 spiro atoms. The molecular formula is C62H119NO5. The zero-order chi connectivity index (χ0) is 49.3. The van der Waals surface area contributed by atoms with E-state index in [2.05, 4.69) is 43.5 Å². The zero-order valence-corrected chi connectivity index (χ0v) is 45.9. The van der Waals surface area contributed by atoms with Crippen molar-refractivity contribution >= 4 is 11.9 Å². The minimum atomic E-state index is -0.679. The summed E-state index contributed by atoms with van der Waals surface area (Å²) in [6.45, 7) is 4.92. The highest BCUT2D eigenvalue weighted by Gasteiger charge is 2.20. The van der Waals surface area contributed by atoms with Crippen LogP contribution in [0.4, 0.5) is 0 Å². The lowest BCUT2D eigenvalue weighted by Gasteiger charge is -2.22. The van der Waals surface area contributed by atoms with Gasteiger partial charge in [0.05, 0.1) is 25.4 Å². The number of unbranched alkanes of at least 4 members (excludes halogenated alkanes) is 43. The van der Waals surface area contributed by atoms with Crippen LogP contribution < -0.4 is 5.32 Å². The second-order valence-corrected chi connectivity index (χ2v) is 21.1. The highest BCUT2D eigenvalue weighted by atomic mass is 16.5. The van der Waals surface area contributed by atoms with Crippen LogP contribution in [0.3, 0.4) is 0 Å². The molecule has 0 heterocycles. The maximum absolute atomic E-state index is 12.5. The van der Waals surface area contributed by atoms with E-state index in [9.17, 15) is 19.8 Å². The number of carbonyl (C=O) groups excluding carboxylic acids is 2. The van der Waals surface area contributed by atoms with E-state index in [1.54, 1.807) is 0 Å². The van der Waals surface area contributed by atoms with Crippen LogP contribution in [-0.4, -0.2) is 47.4 Å². The van der Waals surface area contributed by atoms with Gasteiger partial charge in [-0.05, 0) is 57.8 Å². The van der Waals surface area contributed by atoms with Crippen molar-refractivity contribution in [2.24, 2.45) is 0 Å². The number of nitrogens with one attached hydrogen (secondary N) is 1. The SMILES string of the molecule is CCCCCCCCCCCCCCCCCCCCC(=O)OCCCCC/C=C\C=C/CCCCCCCCC(=O)NC(CO)C(O)CCCCCCCCCCCCCCCCCCCC. The van der Waals surface area contributed by atoms with E-state index in [1.807, 2.05) is 0 Å². The van der Waals surface area contributed by atoms with Crippen LogP contribution in [-0.2, 0) is 14.3 Å². The quantitative estimate of drug-likeness (QED) is 0.0321. The molecule has 6 heteroatoms. The van der Waals surface area contributed by atoms with Crippen LogP contribution in [0.1, 0.15) is 335 Å². The van der Waals surface area contributed by atoms with Gasteiger partial charge in [-0.25, -0.2) is 0 Å². The lowest BCUT2D eigenvalue weighted by molar-refractivity contribution is -0.143. The average molecular weight is 959 g/mol. The minimum Gasteiger partial charge on any atom is -0.466 e. The molecule has 0 aliphatic carbocycles. The van der Waals surface area contributed by atoms with Crippen molar-refractivity contribution in [3.05, 3.63) is 24.3 Å². The first kappa shape index (κ1) is 66.3. The van der Waals surface area contributed by atoms with Gasteiger partial charge in [0.2, 0.25) is 5.91 Å². The van der Waals surface area contributed by atoms with E-state index in [0.29, 0.717) is 25.9 Å². The summed E-state index contributed by atoms with van der Waals surface area (Å²) in [6, 6.07) is -0.558. The maximum atomic E-state index is 12.5.